The summed E-state index contributed by atoms with van der Waals surface area (Å²) in [7, 11) is 0. The van der Waals surface area contributed by atoms with Crippen molar-refractivity contribution in [3.8, 4) is 5.00 Å². The maximum Gasteiger partial charge on any atom is 0.319 e. The summed E-state index contributed by atoms with van der Waals surface area (Å²) in [5.74, 6) is -0.224. The van der Waals surface area contributed by atoms with Crippen LogP contribution >= 0.6 is 22.7 Å². The molecule has 3 aliphatic rings. The molecule has 1 fully saturated rings. The van der Waals surface area contributed by atoms with Gasteiger partial charge < -0.3 is 19.5 Å². The van der Waals surface area contributed by atoms with Gasteiger partial charge in [0.1, 0.15) is 11.0 Å². The molecule has 0 saturated heterocycles. The van der Waals surface area contributed by atoms with Crippen LogP contribution in [0, 0.1) is 0 Å². The van der Waals surface area contributed by atoms with Gasteiger partial charge in [-0.1, -0.05) is 25.3 Å². The maximum absolute atomic E-state index is 14.4. The fourth-order valence-electron chi connectivity index (χ4n) is 6.49. The molecule has 1 N–H and O–H groups in total. The zero-order valence-electron chi connectivity index (χ0n) is 21.5. The molecule has 0 spiro atoms. The van der Waals surface area contributed by atoms with Crippen molar-refractivity contribution in [3.63, 3.8) is 0 Å². The third kappa shape index (κ3) is 4.63. The normalized spacial score (nSPS) is 20.4. The van der Waals surface area contributed by atoms with E-state index in [4.69, 9.17) is 4.74 Å². The van der Waals surface area contributed by atoms with E-state index in [0.29, 0.717) is 13.2 Å². The van der Waals surface area contributed by atoms with Crippen molar-refractivity contribution in [3.05, 3.63) is 62.4 Å². The molecule has 196 valence electrons. The number of esters is 1. The number of amides is 2. The summed E-state index contributed by atoms with van der Waals surface area (Å²) in [6.45, 7) is 2.77. The van der Waals surface area contributed by atoms with Crippen LogP contribution < -0.4 is 5.32 Å². The van der Waals surface area contributed by atoms with E-state index in [9.17, 15) is 9.59 Å². The molecule has 3 aromatic heterocycles. The first-order chi connectivity index (χ1) is 18.1. The van der Waals surface area contributed by atoms with Gasteiger partial charge in [0.15, 0.2) is 0 Å². The van der Waals surface area contributed by atoms with Crippen molar-refractivity contribution in [1.29, 1.82) is 0 Å². The van der Waals surface area contributed by atoms with Gasteiger partial charge in [0, 0.05) is 21.5 Å². The summed E-state index contributed by atoms with van der Waals surface area (Å²) in [6.07, 6.45) is 11.8. The molecule has 0 radical (unpaired) electrons. The number of hydrogen-bond acceptors (Lipinski definition) is 5. The molecule has 37 heavy (non-hydrogen) atoms. The Morgan fingerprint density at radius 1 is 1.08 bits per heavy atom. The summed E-state index contributed by atoms with van der Waals surface area (Å²) < 4.78 is 7.65. The van der Waals surface area contributed by atoms with Crippen LogP contribution in [0.3, 0.4) is 0 Å². The van der Waals surface area contributed by atoms with E-state index in [-0.39, 0.29) is 24.5 Å². The Bertz CT molecular complexity index is 1270. The molecule has 1 saturated carbocycles. The van der Waals surface area contributed by atoms with Gasteiger partial charge >= 0.3 is 12.0 Å². The fraction of sp³-hybridized carbons (Fsp3) is 0.517. The zero-order chi connectivity index (χ0) is 25.4. The number of carbonyl (C=O) groups is 2. The predicted molar refractivity (Wildman–Crippen MR) is 148 cm³/mol. The van der Waals surface area contributed by atoms with Crippen LogP contribution in [0.5, 0.6) is 0 Å². The van der Waals surface area contributed by atoms with Gasteiger partial charge in [-0.05, 0) is 74.6 Å². The number of nitrogens with zero attached hydrogens (tertiary/aromatic N) is 2. The monoisotopic (exact) mass is 537 g/mol. The third-order valence-electron chi connectivity index (χ3n) is 8.22. The van der Waals surface area contributed by atoms with Crippen molar-refractivity contribution in [1.82, 2.24) is 14.8 Å². The summed E-state index contributed by atoms with van der Waals surface area (Å²) >= 11 is 3.60. The molecular formula is C29H35N3O3S2. The van der Waals surface area contributed by atoms with Crippen LogP contribution in [0.15, 0.2) is 35.8 Å². The highest BCUT2D eigenvalue weighted by Crippen LogP contribution is 2.45. The topological polar surface area (TPSA) is 63.6 Å². The first-order valence-corrected chi connectivity index (χ1v) is 15.4. The molecule has 6 nitrogen and oxygen atoms in total. The van der Waals surface area contributed by atoms with Gasteiger partial charge in [0.2, 0.25) is 0 Å². The molecule has 2 aliphatic carbocycles. The van der Waals surface area contributed by atoms with E-state index >= 15 is 0 Å². The molecule has 1 atom stereocenters. The van der Waals surface area contributed by atoms with Crippen LogP contribution in [-0.4, -0.2) is 33.6 Å². The summed E-state index contributed by atoms with van der Waals surface area (Å²) in [5.41, 5.74) is 3.33. The minimum atomic E-state index is -0.549. The van der Waals surface area contributed by atoms with E-state index in [1.807, 2.05) is 23.2 Å². The zero-order valence-corrected chi connectivity index (χ0v) is 23.1. The number of nitrogens with one attached hydrogen (secondary N) is 1. The van der Waals surface area contributed by atoms with Crippen molar-refractivity contribution in [2.24, 2.45) is 0 Å². The lowest BCUT2D eigenvalue weighted by atomic mass is 9.79. The Hall–Kier alpha value is -2.58. The van der Waals surface area contributed by atoms with Crippen LogP contribution in [0.25, 0.3) is 5.00 Å². The van der Waals surface area contributed by atoms with Crippen LogP contribution in [-0.2, 0) is 28.9 Å². The fourth-order valence-corrected chi connectivity index (χ4v) is 8.75. The molecule has 1 aliphatic heterocycles. The number of urea groups is 1. The number of hydrogen-bond donors (Lipinski definition) is 1. The average molecular weight is 538 g/mol. The van der Waals surface area contributed by atoms with Crippen molar-refractivity contribution in [2.45, 2.75) is 89.3 Å². The number of aromatic nitrogens is 1. The van der Waals surface area contributed by atoms with Gasteiger partial charge in [-0.25, -0.2) is 4.79 Å². The first kappa shape index (κ1) is 24.7. The standard InChI is InChI=1S/C29H35N3O3S2/c1-2-35-25(33)18-29(14-6-3-7-15-29)30-28(34)32-19-21-20-10-4-5-12-23(20)37-27(21)31-16-8-11-22(31)26(32)24-13-9-17-36-24/h8-9,11,13,16-17,26H,2-7,10,12,14-15,18-19H2,1H3,(H,30,34)/t26-/m0/s1. The number of rotatable bonds is 5. The Labute approximate surface area is 226 Å². The summed E-state index contributed by atoms with van der Waals surface area (Å²) in [6, 6.07) is 8.20. The molecule has 0 bridgehead atoms. The third-order valence-corrected chi connectivity index (χ3v) is 10.5. The summed E-state index contributed by atoms with van der Waals surface area (Å²) in [4.78, 5) is 31.6. The average Bonchev–Trinajstić information content (AvgIpc) is 3.64. The highest BCUT2D eigenvalue weighted by atomic mass is 32.1. The predicted octanol–water partition coefficient (Wildman–Crippen LogP) is 6.75. The highest BCUT2D eigenvalue weighted by Gasteiger charge is 2.41. The minimum absolute atomic E-state index is 0.0824. The van der Waals surface area contributed by atoms with Gasteiger partial charge in [-0.2, -0.15) is 0 Å². The Kier molecular flexibility index (Phi) is 6.88. The van der Waals surface area contributed by atoms with Crippen molar-refractivity contribution >= 4 is 34.7 Å². The summed E-state index contributed by atoms with van der Waals surface area (Å²) in [5, 5.41) is 6.78. The number of ether oxygens (including phenoxy) is 1. The number of fused-ring (bicyclic) bond motifs is 5. The van der Waals surface area contributed by atoms with E-state index in [2.05, 4.69) is 45.7 Å². The Morgan fingerprint density at radius 3 is 2.70 bits per heavy atom. The SMILES string of the molecule is CCOC(=O)CC1(NC(=O)N2Cc3c(sc4c3CCCC4)-n3cccc3[C@H]2c2cccs2)CCCCC1. The van der Waals surface area contributed by atoms with Gasteiger partial charge in [-0.15, -0.1) is 22.7 Å². The van der Waals surface area contributed by atoms with Crippen LogP contribution in [0.4, 0.5) is 4.79 Å². The van der Waals surface area contributed by atoms with E-state index in [1.165, 1.54) is 33.8 Å². The highest BCUT2D eigenvalue weighted by molar-refractivity contribution is 7.15. The van der Waals surface area contributed by atoms with E-state index in [0.717, 1.165) is 55.5 Å². The second-order valence-electron chi connectivity index (χ2n) is 10.6. The van der Waals surface area contributed by atoms with E-state index < -0.39 is 5.54 Å². The first-order valence-electron chi connectivity index (χ1n) is 13.7. The second-order valence-corrected chi connectivity index (χ2v) is 12.7. The molecule has 0 unspecified atom stereocenters. The molecular weight excluding hydrogens is 502 g/mol. The second kappa shape index (κ2) is 10.3. The molecule has 0 aromatic carbocycles. The quantitative estimate of drug-likeness (QED) is 0.366. The number of aryl methyl sites for hydroxylation is 1. The van der Waals surface area contributed by atoms with Crippen LogP contribution in [0.1, 0.15) is 90.9 Å². The lowest BCUT2D eigenvalue weighted by Crippen LogP contribution is -2.55. The molecule has 3 aromatic rings. The smallest absolute Gasteiger partial charge is 0.319 e. The van der Waals surface area contributed by atoms with E-state index in [1.54, 1.807) is 11.3 Å². The number of carbonyl (C=O) groups excluding carboxylic acids is 2. The molecule has 4 heterocycles. The molecule has 6 rings (SSSR count). The van der Waals surface area contributed by atoms with Gasteiger partial charge in [0.05, 0.1) is 30.8 Å². The van der Waals surface area contributed by atoms with Crippen molar-refractivity contribution < 1.29 is 14.3 Å². The van der Waals surface area contributed by atoms with Gasteiger partial charge in [-0.3, -0.25) is 4.79 Å². The Balaban J connectivity index is 1.41. The lowest BCUT2D eigenvalue weighted by molar-refractivity contribution is -0.145. The molecule has 8 heteroatoms. The Morgan fingerprint density at radius 2 is 1.92 bits per heavy atom. The molecule has 2 amide bonds. The number of thiophene rings is 2. The maximum atomic E-state index is 14.4. The van der Waals surface area contributed by atoms with Crippen LogP contribution in [0.2, 0.25) is 0 Å². The van der Waals surface area contributed by atoms with Crippen molar-refractivity contribution in [2.75, 3.05) is 6.61 Å². The minimum Gasteiger partial charge on any atom is -0.466 e. The largest absolute Gasteiger partial charge is 0.466 e. The lowest BCUT2D eigenvalue weighted by Gasteiger charge is -2.40. The van der Waals surface area contributed by atoms with Gasteiger partial charge in [0.25, 0.3) is 0 Å².